The van der Waals surface area contributed by atoms with E-state index in [-0.39, 0.29) is 17.9 Å². The van der Waals surface area contributed by atoms with Crippen LogP contribution in [0.5, 0.6) is 0 Å². The van der Waals surface area contributed by atoms with Crippen molar-refractivity contribution in [1.29, 1.82) is 0 Å². The van der Waals surface area contributed by atoms with Crippen molar-refractivity contribution in [2.45, 2.75) is 66.0 Å². The summed E-state index contributed by atoms with van der Waals surface area (Å²) in [5, 5.41) is 2.84. The SMILES string of the molecule is CC.CCC(=O)CN1CCC(NC(=O)OC(C)(C)C)C1. The molecule has 1 unspecified atom stereocenters. The summed E-state index contributed by atoms with van der Waals surface area (Å²) in [6, 6.07) is 0.0875. The van der Waals surface area contributed by atoms with Crippen molar-refractivity contribution >= 4 is 11.9 Å². The summed E-state index contributed by atoms with van der Waals surface area (Å²) in [7, 11) is 0. The van der Waals surface area contributed by atoms with Crippen LogP contribution in [-0.4, -0.2) is 48.1 Å². The number of ether oxygens (including phenoxy) is 1. The molecule has 1 amide bonds. The smallest absolute Gasteiger partial charge is 0.407 e. The molecular weight excluding hydrogens is 256 g/mol. The summed E-state index contributed by atoms with van der Waals surface area (Å²) in [4.78, 5) is 25.0. The molecule has 1 heterocycles. The van der Waals surface area contributed by atoms with Crippen molar-refractivity contribution in [2.24, 2.45) is 0 Å². The second kappa shape index (κ2) is 8.95. The van der Waals surface area contributed by atoms with Gasteiger partial charge >= 0.3 is 6.09 Å². The number of carbonyl (C=O) groups is 2. The predicted octanol–water partition coefficient (Wildman–Crippen LogP) is 2.59. The highest BCUT2D eigenvalue weighted by molar-refractivity contribution is 5.80. The first kappa shape index (κ1) is 18.9. The van der Waals surface area contributed by atoms with Crippen molar-refractivity contribution < 1.29 is 14.3 Å². The second-order valence-corrected chi connectivity index (χ2v) is 5.76. The zero-order valence-corrected chi connectivity index (χ0v) is 13.8. The van der Waals surface area contributed by atoms with Gasteiger partial charge < -0.3 is 10.1 Å². The normalized spacial score (nSPS) is 19.0. The highest BCUT2D eigenvalue weighted by Crippen LogP contribution is 2.11. The Morgan fingerprint density at radius 2 is 1.90 bits per heavy atom. The van der Waals surface area contributed by atoms with Crippen molar-refractivity contribution in [1.82, 2.24) is 10.2 Å². The fourth-order valence-corrected chi connectivity index (χ4v) is 1.93. The molecule has 0 aromatic carbocycles. The van der Waals surface area contributed by atoms with Crippen LogP contribution < -0.4 is 5.32 Å². The van der Waals surface area contributed by atoms with Gasteiger partial charge in [0, 0.05) is 25.6 Å². The maximum absolute atomic E-state index is 11.6. The quantitative estimate of drug-likeness (QED) is 0.863. The summed E-state index contributed by atoms with van der Waals surface area (Å²) in [6.45, 7) is 13.5. The van der Waals surface area contributed by atoms with Crippen molar-refractivity contribution in [2.75, 3.05) is 19.6 Å². The van der Waals surface area contributed by atoms with Gasteiger partial charge in [-0.05, 0) is 27.2 Å². The Labute approximate surface area is 123 Å². The van der Waals surface area contributed by atoms with Gasteiger partial charge in [0.05, 0.1) is 6.54 Å². The number of Topliss-reactive ketones (excluding diaryl/α,β-unsaturated/α-hetero) is 1. The highest BCUT2D eigenvalue weighted by Gasteiger charge is 2.26. The Hall–Kier alpha value is -1.10. The van der Waals surface area contributed by atoms with Crippen LogP contribution in [0.1, 0.15) is 54.4 Å². The van der Waals surface area contributed by atoms with Gasteiger partial charge in [-0.15, -0.1) is 0 Å². The van der Waals surface area contributed by atoms with Crippen molar-refractivity contribution in [3.05, 3.63) is 0 Å². The van der Waals surface area contributed by atoms with Gasteiger partial charge in [0.15, 0.2) is 0 Å². The first-order valence-electron chi connectivity index (χ1n) is 7.53. The van der Waals surface area contributed by atoms with E-state index in [1.807, 2.05) is 41.5 Å². The number of nitrogens with one attached hydrogen (secondary N) is 1. The minimum absolute atomic E-state index is 0.0875. The van der Waals surface area contributed by atoms with Crippen molar-refractivity contribution in [3.63, 3.8) is 0 Å². The van der Waals surface area contributed by atoms with Gasteiger partial charge in [-0.3, -0.25) is 9.69 Å². The van der Waals surface area contributed by atoms with Crippen LogP contribution in [0.15, 0.2) is 0 Å². The molecule has 5 heteroatoms. The lowest BCUT2D eigenvalue weighted by molar-refractivity contribution is -0.119. The predicted molar refractivity (Wildman–Crippen MR) is 80.9 cm³/mol. The van der Waals surface area contributed by atoms with Crippen LogP contribution in [0, 0.1) is 0 Å². The molecule has 1 N–H and O–H groups in total. The number of amides is 1. The maximum Gasteiger partial charge on any atom is 0.407 e. The Bertz CT molecular complexity index is 311. The summed E-state index contributed by atoms with van der Waals surface area (Å²) in [5.41, 5.74) is -0.472. The molecule has 0 aromatic heterocycles. The third-order valence-corrected chi connectivity index (χ3v) is 2.79. The molecule has 20 heavy (non-hydrogen) atoms. The van der Waals surface area contributed by atoms with Crippen molar-refractivity contribution in [3.8, 4) is 0 Å². The number of alkyl carbamates (subject to hydrolysis) is 1. The maximum atomic E-state index is 11.6. The van der Waals surface area contributed by atoms with Crippen LogP contribution in [0.2, 0.25) is 0 Å². The third kappa shape index (κ3) is 8.15. The zero-order chi connectivity index (χ0) is 15.8. The van der Waals surface area contributed by atoms with Gasteiger partial charge in [-0.1, -0.05) is 20.8 Å². The van der Waals surface area contributed by atoms with E-state index in [9.17, 15) is 9.59 Å². The topological polar surface area (TPSA) is 58.6 Å². The Morgan fingerprint density at radius 3 is 2.40 bits per heavy atom. The Balaban J connectivity index is 0.00000172. The average Bonchev–Trinajstić information content (AvgIpc) is 2.76. The molecule has 0 bridgehead atoms. The number of hydrogen-bond donors (Lipinski definition) is 1. The molecule has 0 aliphatic carbocycles. The largest absolute Gasteiger partial charge is 0.444 e. The number of ketones is 1. The summed E-state index contributed by atoms with van der Waals surface area (Å²) in [5.74, 6) is 0.243. The molecule has 1 saturated heterocycles. The molecule has 0 radical (unpaired) electrons. The van der Waals surface area contributed by atoms with Gasteiger partial charge in [0.2, 0.25) is 0 Å². The van der Waals surface area contributed by atoms with E-state index in [0.717, 1.165) is 19.5 Å². The lowest BCUT2D eigenvalue weighted by Crippen LogP contribution is -2.41. The minimum atomic E-state index is -0.472. The van der Waals surface area contributed by atoms with E-state index in [1.165, 1.54) is 0 Å². The van der Waals surface area contributed by atoms with Gasteiger partial charge in [0.1, 0.15) is 11.4 Å². The Kier molecular flexibility index (Phi) is 8.46. The van der Waals surface area contributed by atoms with E-state index >= 15 is 0 Å². The summed E-state index contributed by atoms with van der Waals surface area (Å²) < 4.78 is 5.20. The van der Waals surface area contributed by atoms with Crippen LogP contribution in [0.3, 0.4) is 0 Å². The molecule has 1 fully saturated rings. The summed E-state index contributed by atoms with van der Waals surface area (Å²) >= 11 is 0. The zero-order valence-electron chi connectivity index (χ0n) is 13.8. The van der Waals surface area contributed by atoms with E-state index in [4.69, 9.17) is 4.74 Å². The van der Waals surface area contributed by atoms with Gasteiger partial charge in [0.25, 0.3) is 0 Å². The van der Waals surface area contributed by atoms with E-state index < -0.39 is 5.60 Å². The molecule has 118 valence electrons. The molecular formula is C15H30N2O3. The van der Waals surface area contributed by atoms with Gasteiger partial charge in [-0.2, -0.15) is 0 Å². The minimum Gasteiger partial charge on any atom is -0.444 e. The molecule has 5 nitrogen and oxygen atoms in total. The number of nitrogens with zero attached hydrogens (tertiary/aromatic N) is 1. The first-order chi connectivity index (χ1) is 9.30. The van der Waals surface area contributed by atoms with E-state index in [2.05, 4.69) is 10.2 Å². The molecule has 0 saturated carbocycles. The number of likely N-dealkylation sites (tertiary alicyclic amines) is 1. The molecule has 0 aromatic rings. The molecule has 1 rings (SSSR count). The van der Waals surface area contributed by atoms with Gasteiger partial charge in [-0.25, -0.2) is 4.79 Å². The fourth-order valence-electron chi connectivity index (χ4n) is 1.93. The number of carbonyl (C=O) groups excluding carboxylic acids is 2. The monoisotopic (exact) mass is 286 g/mol. The molecule has 1 aliphatic rings. The number of rotatable bonds is 4. The van der Waals surface area contributed by atoms with Crippen LogP contribution in [0.4, 0.5) is 4.79 Å². The fraction of sp³-hybridized carbons (Fsp3) is 0.867. The van der Waals surface area contributed by atoms with E-state index in [0.29, 0.717) is 13.0 Å². The van der Waals surface area contributed by atoms with Crippen LogP contribution in [-0.2, 0) is 9.53 Å². The summed E-state index contributed by atoms with van der Waals surface area (Å²) in [6.07, 6.45) is 1.06. The third-order valence-electron chi connectivity index (χ3n) is 2.79. The Morgan fingerprint density at radius 1 is 1.30 bits per heavy atom. The highest BCUT2D eigenvalue weighted by atomic mass is 16.6. The van der Waals surface area contributed by atoms with Crippen LogP contribution in [0.25, 0.3) is 0 Å². The lowest BCUT2D eigenvalue weighted by Gasteiger charge is -2.22. The molecule has 1 aliphatic heterocycles. The number of hydrogen-bond acceptors (Lipinski definition) is 4. The molecule has 1 atom stereocenters. The van der Waals surface area contributed by atoms with E-state index in [1.54, 1.807) is 0 Å². The standard InChI is InChI=1S/C13H24N2O3.C2H6/c1-5-11(16)9-15-7-6-10(8-15)14-12(17)18-13(2,3)4;1-2/h10H,5-9H2,1-4H3,(H,14,17);1-2H3. The average molecular weight is 286 g/mol. The second-order valence-electron chi connectivity index (χ2n) is 5.76. The lowest BCUT2D eigenvalue weighted by atomic mass is 10.2. The first-order valence-corrected chi connectivity index (χ1v) is 7.53. The van der Waals surface area contributed by atoms with Crippen LogP contribution >= 0.6 is 0 Å². The molecule has 0 spiro atoms.